The number of carbonyl (C=O) groups excluding carboxylic acids is 1. The van der Waals surface area contributed by atoms with Gasteiger partial charge in [-0.25, -0.2) is 13.9 Å². The summed E-state index contributed by atoms with van der Waals surface area (Å²) >= 11 is 0. The number of aryl methyl sites for hydroxylation is 1. The van der Waals surface area contributed by atoms with Crippen LogP contribution in [0.25, 0.3) is 0 Å². The lowest BCUT2D eigenvalue weighted by atomic mass is 10.6. The number of nitrogens with zero attached hydrogens (tertiary/aromatic N) is 2. The largest absolute Gasteiger partial charge is 0.460 e. The summed E-state index contributed by atoms with van der Waals surface area (Å²) in [7, 11) is 3.46. The van der Waals surface area contributed by atoms with Gasteiger partial charge in [0, 0.05) is 7.11 Å². The molecule has 1 aromatic heterocycles. The van der Waals surface area contributed by atoms with Gasteiger partial charge in [-0.15, -0.1) is 0 Å². The highest BCUT2D eigenvalue weighted by Crippen LogP contribution is 1.87. The van der Waals surface area contributed by atoms with E-state index in [1.807, 2.05) is 30.3 Å². The van der Waals surface area contributed by atoms with E-state index in [0.29, 0.717) is 13.2 Å². The number of rotatable bonds is 5. The molecule has 0 aliphatic heterocycles. The predicted molar refractivity (Wildman–Crippen MR) is 55.2 cm³/mol. The fraction of sp³-hybridized carbons (Fsp3) is 0.600. The van der Waals surface area contributed by atoms with Gasteiger partial charge >= 0.3 is 5.97 Å². The first kappa shape index (κ1) is 13.6. The molecule has 86 valence electrons. The van der Waals surface area contributed by atoms with Crippen molar-refractivity contribution in [2.45, 2.75) is 14.0 Å². The zero-order valence-corrected chi connectivity index (χ0v) is 8.47. The molecule has 0 saturated carbocycles. The van der Waals surface area contributed by atoms with E-state index < -0.39 is 0 Å². The SMILES string of the molecule is C.COCCOC(=O)Cn1cc[n+](C)c1. The molecule has 0 aromatic carbocycles. The number of aromatic nitrogens is 2. The molecule has 0 aliphatic carbocycles. The summed E-state index contributed by atoms with van der Waals surface area (Å²) in [6.07, 6.45) is 5.50. The second-order valence-corrected chi connectivity index (χ2v) is 2.96. The number of hydrogen-bond acceptors (Lipinski definition) is 3. The van der Waals surface area contributed by atoms with Gasteiger partial charge in [0.2, 0.25) is 6.33 Å². The molecule has 0 atom stereocenters. The third-order valence-corrected chi connectivity index (χ3v) is 1.69. The zero-order valence-electron chi connectivity index (χ0n) is 8.47. The first-order valence-corrected chi connectivity index (χ1v) is 4.38. The molecule has 0 unspecified atom stereocenters. The summed E-state index contributed by atoms with van der Waals surface area (Å²) in [5.74, 6) is -0.252. The molecule has 0 saturated heterocycles. The van der Waals surface area contributed by atoms with E-state index >= 15 is 0 Å². The fourth-order valence-electron chi connectivity index (χ4n) is 1.03. The summed E-state index contributed by atoms with van der Waals surface area (Å²) in [6.45, 7) is 0.985. The lowest BCUT2D eigenvalue weighted by molar-refractivity contribution is -0.671. The molecule has 1 heterocycles. The molecule has 1 aromatic rings. The van der Waals surface area contributed by atoms with Gasteiger partial charge < -0.3 is 9.47 Å². The Hall–Kier alpha value is -1.36. The van der Waals surface area contributed by atoms with Crippen LogP contribution in [-0.4, -0.2) is 30.9 Å². The second-order valence-electron chi connectivity index (χ2n) is 2.96. The van der Waals surface area contributed by atoms with E-state index in [-0.39, 0.29) is 19.9 Å². The lowest BCUT2D eigenvalue weighted by Gasteiger charge is -2.01. The van der Waals surface area contributed by atoms with E-state index in [2.05, 4.69) is 0 Å². The van der Waals surface area contributed by atoms with Gasteiger partial charge in [0.25, 0.3) is 0 Å². The van der Waals surface area contributed by atoms with Crippen LogP contribution in [0, 0.1) is 0 Å². The van der Waals surface area contributed by atoms with Crippen molar-refractivity contribution in [2.24, 2.45) is 7.05 Å². The maximum Gasteiger partial charge on any atom is 0.348 e. The van der Waals surface area contributed by atoms with E-state index in [9.17, 15) is 4.79 Å². The van der Waals surface area contributed by atoms with Crippen molar-refractivity contribution in [3.63, 3.8) is 0 Å². The van der Waals surface area contributed by atoms with Crippen LogP contribution >= 0.6 is 0 Å². The monoisotopic (exact) mass is 215 g/mol. The Bertz CT molecular complexity index is 297. The maximum atomic E-state index is 11.2. The van der Waals surface area contributed by atoms with Crippen molar-refractivity contribution in [1.82, 2.24) is 4.57 Å². The van der Waals surface area contributed by atoms with Gasteiger partial charge in [-0.2, -0.15) is 0 Å². The lowest BCUT2D eigenvalue weighted by Crippen LogP contribution is -2.24. The minimum Gasteiger partial charge on any atom is -0.460 e. The third-order valence-electron chi connectivity index (χ3n) is 1.69. The van der Waals surface area contributed by atoms with Gasteiger partial charge in [0.15, 0.2) is 6.54 Å². The number of methoxy groups -OCH3 is 1. The van der Waals surface area contributed by atoms with Crippen molar-refractivity contribution in [1.29, 1.82) is 0 Å². The molecular weight excluding hydrogens is 196 g/mol. The van der Waals surface area contributed by atoms with E-state index in [4.69, 9.17) is 9.47 Å². The molecule has 5 heteroatoms. The van der Waals surface area contributed by atoms with Crippen molar-refractivity contribution >= 4 is 5.97 Å². The van der Waals surface area contributed by atoms with E-state index in [1.165, 1.54) is 0 Å². The Labute approximate surface area is 90.2 Å². The molecule has 0 radical (unpaired) electrons. The number of hydrogen-bond donors (Lipinski definition) is 0. The highest BCUT2D eigenvalue weighted by atomic mass is 16.6. The normalized spacial score (nSPS) is 9.47. The molecule has 5 nitrogen and oxygen atoms in total. The molecule has 0 amide bonds. The molecule has 0 spiro atoms. The Morgan fingerprint density at radius 1 is 1.47 bits per heavy atom. The average Bonchev–Trinajstić information content (AvgIpc) is 2.52. The number of imidazole rings is 1. The van der Waals surface area contributed by atoms with Gasteiger partial charge in [-0.05, 0) is 0 Å². The number of ether oxygens (including phenoxy) is 2. The van der Waals surface area contributed by atoms with Crippen LogP contribution < -0.4 is 4.57 Å². The predicted octanol–water partition coefficient (Wildman–Crippen LogP) is 0.138. The van der Waals surface area contributed by atoms with Gasteiger partial charge in [-0.1, -0.05) is 7.43 Å². The van der Waals surface area contributed by atoms with Gasteiger partial charge in [-0.3, -0.25) is 0 Å². The number of carbonyl (C=O) groups is 1. The molecule has 0 bridgehead atoms. The highest BCUT2D eigenvalue weighted by Gasteiger charge is 2.08. The first-order valence-electron chi connectivity index (χ1n) is 4.38. The minimum atomic E-state index is -0.252. The summed E-state index contributed by atoms with van der Waals surface area (Å²) < 4.78 is 13.3. The minimum absolute atomic E-state index is 0. The Balaban J connectivity index is 0.00000196. The Morgan fingerprint density at radius 2 is 2.20 bits per heavy atom. The summed E-state index contributed by atoms with van der Waals surface area (Å²) in [4.78, 5) is 11.2. The Morgan fingerprint density at radius 3 is 2.73 bits per heavy atom. The van der Waals surface area contributed by atoms with Crippen molar-refractivity contribution in [2.75, 3.05) is 20.3 Å². The molecule has 15 heavy (non-hydrogen) atoms. The number of esters is 1. The topological polar surface area (TPSA) is 44.3 Å². The van der Waals surface area contributed by atoms with Crippen molar-refractivity contribution < 1.29 is 18.8 Å². The molecule has 1 rings (SSSR count). The quantitative estimate of drug-likeness (QED) is 0.398. The summed E-state index contributed by atoms with van der Waals surface area (Å²) in [6, 6.07) is 0. The summed E-state index contributed by atoms with van der Waals surface area (Å²) in [5, 5.41) is 0. The van der Waals surface area contributed by atoms with Gasteiger partial charge in [0.05, 0.1) is 13.7 Å². The second kappa shape index (κ2) is 7.00. The first-order chi connectivity index (χ1) is 6.72. The Kier molecular flexibility index (Phi) is 6.37. The van der Waals surface area contributed by atoms with Gasteiger partial charge in [0.1, 0.15) is 19.0 Å². The van der Waals surface area contributed by atoms with E-state index in [1.54, 1.807) is 11.7 Å². The molecule has 0 fully saturated rings. The van der Waals surface area contributed by atoms with Crippen LogP contribution in [-0.2, 0) is 27.9 Å². The van der Waals surface area contributed by atoms with Crippen LogP contribution in [0.3, 0.4) is 0 Å². The standard InChI is InChI=1S/C9H15N2O3.CH4/c1-10-3-4-11(8-10)7-9(12)14-6-5-13-2;/h3-4,8H,5-7H2,1-2H3;1H4/q+1;. The van der Waals surface area contributed by atoms with Crippen molar-refractivity contribution in [3.8, 4) is 0 Å². The third kappa shape index (κ3) is 5.17. The maximum absolute atomic E-state index is 11.2. The van der Waals surface area contributed by atoms with Crippen LogP contribution in [0.2, 0.25) is 0 Å². The molecule has 0 aliphatic rings. The molecular formula is C10H19N2O3+. The fourth-order valence-corrected chi connectivity index (χ4v) is 1.03. The zero-order chi connectivity index (χ0) is 10.4. The molecule has 0 N–H and O–H groups in total. The van der Waals surface area contributed by atoms with Crippen molar-refractivity contribution in [3.05, 3.63) is 18.7 Å². The van der Waals surface area contributed by atoms with Crippen LogP contribution in [0.1, 0.15) is 7.43 Å². The van der Waals surface area contributed by atoms with Crippen LogP contribution in [0.4, 0.5) is 0 Å². The highest BCUT2D eigenvalue weighted by molar-refractivity contribution is 5.69. The van der Waals surface area contributed by atoms with Crippen LogP contribution in [0.15, 0.2) is 18.7 Å². The van der Waals surface area contributed by atoms with E-state index in [0.717, 1.165) is 0 Å². The summed E-state index contributed by atoms with van der Waals surface area (Å²) in [5.41, 5.74) is 0. The average molecular weight is 215 g/mol. The van der Waals surface area contributed by atoms with Crippen LogP contribution in [0.5, 0.6) is 0 Å². The smallest absolute Gasteiger partial charge is 0.348 e.